The second-order valence-corrected chi connectivity index (χ2v) is 8.08. The highest BCUT2D eigenvalue weighted by molar-refractivity contribution is 5.79. The van der Waals surface area contributed by atoms with E-state index in [9.17, 15) is 0 Å². The topological polar surface area (TPSA) is 52.1 Å². The first-order valence-electron chi connectivity index (χ1n) is 11.3. The zero-order valence-electron chi connectivity index (χ0n) is 19.2. The van der Waals surface area contributed by atoms with Crippen LogP contribution in [0.3, 0.4) is 0 Å². The first kappa shape index (κ1) is 22.9. The summed E-state index contributed by atoms with van der Waals surface area (Å²) in [6.45, 7) is 9.50. The second-order valence-electron chi connectivity index (χ2n) is 8.08. The molecule has 0 spiro atoms. The zero-order chi connectivity index (χ0) is 21.9. The number of anilines is 1. The summed E-state index contributed by atoms with van der Waals surface area (Å²) in [5, 5.41) is 6.79. The molecule has 1 aliphatic rings. The van der Waals surface area contributed by atoms with E-state index in [0.717, 1.165) is 57.4 Å². The minimum Gasteiger partial charge on any atom is -0.497 e. The average Bonchev–Trinajstić information content (AvgIpc) is 2.81. The zero-order valence-corrected chi connectivity index (χ0v) is 19.2. The van der Waals surface area contributed by atoms with Gasteiger partial charge in [-0.05, 0) is 61.7 Å². The van der Waals surface area contributed by atoms with Crippen molar-refractivity contribution in [2.75, 3.05) is 58.3 Å². The summed E-state index contributed by atoms with van der Waals surface area (Å²) in [6.07, 6.45) is 2.34. The van der Waals surface area contributed by atoms with Crippen LogP contribution in [0.25, 0.3) is 0 Å². The van der Waals surface area contributed by atoms with Crippen LogP contribution in [0.15, 0.2) is 53.5 Å². The lowest BCUT2D eigenvalue weighted by molar-refractivity contribution is 0.253. The maximum absolute atomic E-state index is 5.28. The van der Waals surface area contributed by atoms with Gasteiger partial charge in [0, 0.05) is 52.0 Å². The van der Waals surface area contributed by atoms with Gasteiger partial charge in [0.1, 0.15) is 5.75 Å². The van der Waals surface area contributed by atoms with Gasteiger partial charge >= 0.3 is 0 Å². The molecule has 2 aromatic carbocycles. The largest absolute Gasteiger partial charge is 0.497 e. The smallest absolute Gasteiger partial charge is 0.191 e. The Morgan fingerprint density at radius 3 is 2.55 bits per heavy atom. The molecule has 168 valence electrons. The fourth-order valence-corrected chi connectivity index (χ4v) is 3.91. The van der Waals surface area contributed by atoms with Crippen molar-refractivity contribution in [3.05, 3.63) is 59.7 Å². The molecular weight excluding hydrogens is 386 g/mol. The Balaban J connectivity index is 1.28. The van der Waals surface area contributed by atoms with Gasteiger partial charge in [-0.25, -0.2) is 0 Å². The lowest BCUT2D eigenvalue weighted by Crippen LogP contribution is -2.46. The SMILES string of the molecule is CN=C(NCCCCN1CCN(c2cccc(C)c2)CC1)NCc1cccc(OC)c1. The Morgan fingerprint density at radius 1 is 1.00 bits per heavy atom. The number of ether oxygens (including phenoxy) is 1. The maximum atomic E-state index is 5.28. The van der Waals surface area contributed by atoms with Crippen LogP contribution in [0.5, 0.6) is 5.75 Å². The van der Waals surface area contributed by atoms with E-state index in [1.54, 1.807) is 7.11 Å². The van der Waals surface area contributed by atoms with Crippen LogP contribution in [0, 0.1) is 6.92 Å². The summed E-state index contributed by atoms with van der Waals surface area (Å²) in [6, 6.07) is 16.9. The Morgan fingerprint density at radius 2 is 1.81 bits per heavy atom. The third-order valence-corrected chi connectivity index (χ3v) is 5.75. The van der Waals surface area contributed by atoms with E-state index in [4.69, 9.17) is 4.74 Å². The van der Waals surface area contributed by atoms with Crippen molar-refractivity contribution >= 4 is 11.6 Å². The van der Waals surface area contributed by atoms with Crippen LogP contribution in [0.1, 0.15) is 24.0 Å². The number of rotatable bonds is 9. The number of hydrogen-bond donors (Lipinski definition) is 2. The van der Waals surface area contributed by atoms with Crippen LogP contribution < -0.4 is 20.3 Å². The number of guanidine groups is 1. The van der Waals surface area contributed by atoms with Crippen molar-refractivity contribution in [1.82, 2.24) is 15.5 Å². The van der Waals surface area contributed by atoms with Crippen LogP contribution in [0.2, 0.25) is 0 Å². The quantitative estimate of drug-likeness (QED) is 0.368. The van der Waals surface area contributed by atoms with Crippen molar-refractivity contribution in [2.45, 2.75) is 26.3 Å². The van der Waals surface area contributed by atoms with Crippen LogP contribution in [-0.4, -0.2) is 64.3 Å². The minimum atomic E-state index is 0.724. The lowest BCUT2D eigenvalue weighted by Gasteiger charge is -2.36. The number of nitrogens with one attached hydrogen (secondary N) is 2. The molecule has 6 nitrogen and oxygen atoms in total. The second kappa shape index (κ2) is 12.2. The summed E-state index contributed by atoms with van der Waals surface area (Å²) in [4.78, 5) is 9.41. The van der Waals surface area contributed by atoms with Crippen molar-refractivity contribution in [3.63, 3.8) is 0 Å². The number of benzene rings is 2. The summed E-state index contributed by atoms with van der Waals surface area (Å²) in [5.41, 5.74) is 3.86. The fourth-order valence-electron chi connectivity index (χ4n) is 3.91. The maximum Gasteiger partial charge on any atom is 0.191 e. The van der Waals surface area contributed by atoms with E-state index in [2.05, 4.69) is 62.7 Å². The normalized spacial score (nSPS) is 15.1. The molecule has 31 heavy (non-hydrogen) atoms. The van der Waals surface area contributed by atoms with E-state index in [1.165, 1.54) is 29.8 Å². The first-order chi connectivity index (χ1) is 15.2. The van der Waals surface area contributed by atoms with E-state index in [0.29, 0.717) is 0 Å². The molecule has 1 saturated heterocycles. The van der Waals surface area contributed by atoms with E-state index >= 15 is 0 Å². The molecule has 3 rings (SSSR count). The predicted octanol–water partition coefficient (Wildman–Crippen LogP) is 3.27. The molecule has 2 N–H and O–H groups in total. The molecular formula is C25H37N5O. The molecule has 0 bridgehead atoms. The van der Waals surface area contributed by atoms with E-state index in [1.807, 2.05) is 25.2 Å². The Labute approximate surface area is 187 Å². The summed E-state index contributed by atoms with van der Waals surface area (Å²) in [7, 11) is 3.51. The van der Waals surface area contributed by atoms with Gasteiger partial charge in [-0.15, -0.1) is 0 Å². The molecule has 0 saturated carbocycles. The van der Waals surface area contributed by atoms with Crippen LogP contribution >= 0.6 is 0 Å². The molecule has 0 aliphatic carbocycles. The van der Waals surface area contributed by atoms with Gasteiger partial charge in [-0.1, -0.05) is 24.3 Å². The number of aryl methyl sites for hydroxylation is 1. The van der Waals surface area contributed by atoms with Crippen molar-refractivity contribution in [3.8, 4) is 5.75 Å². The first-order valence-corrected chi connectivity index (χ1v) is 11.3. The molecule has 2 aromatic rings. The molecule has 0 amide bonds. The highest BCUT2D eigenvalue weighted by Gasteiger charge is 2.16. The number of hydrogen-bond acceptors (Lipinski definition) is 4. The van der Waals surface area contributed by atoms with E-state index in [-0.39, 0.29) is 0 Å². The highest BCUT2D eigenvalue weighted by Crippen LogP contribution is 2.18. The van der Waals surface area contributed by atoms with Gasteiger partial charge in [-0.2, -0.15) is 0 Å². The third-order valence-electron chi connectivity index (χ3n) is 5.75. The number of methoxy groups -OCH3 is 1. The predicted molar refractivity (Wildman–Crippen MR) is 130 cm³/mol. The molecule has 6 heteroatoms. The van der Waals surface area contributed by atoms with Gasteiger partial charge in [0.05, 0.1) is 7.11 Å². The monoisotopic (exact) mass is 423 g/mol. The molecule has 1 heterocycles. The van der Waals surface area contributed by atoms with Crippen molar-refractivity contribution in [1.29, 1.82) is 0 Å². The molecule has 1 fully saturated rings. The number of aliphatic imine (C=N–C) groups is 1. The minimum absolute atomic E-state index is 0.724. The molecule has 0 radical (unpaired) electrons. The van der Waals surface area contributed by atoms with E-state index < -0.39 is 0 Å². The van der Waals surface area contributed by atoms with Crippen molar-refractivity contribution in [2.24, 2.45) is 4.99 Å². The van der Waals surface area contributed by atoms with Gasteiger partial charge < -0.3 is 20.3 Å². The van der Waals surface area contributed by atoms with Gasteiger partial charge in [0.2, 0.25) is 0 Å². The molecule has 0 aromatic heterocycles. The summed E-state index contributed by atoms with van der Waals surface area (Å²) >= 11 is 0. The number of unbranched alkanes of at least 4 members (excludes halogenated alkanes) is 1. The van der Waals surface area contributed by atoms with Crippen LogP contribution in [-0.2, 0) is 6.54 Å². The van der Waals surface area contributed by atoms with Crippen LogP contribution in [0.4, 0.5) is 5.69 Å². The highest BCUT2D eigenvalue weighted by atomic mass is 16.5. The molecule has 1 aliphatic heterocycles. The molecule has 0 atom stereocenters. The summed E-state index contributed by atoms with van der Waals surface area (Å²) < 4.78 is 5.28. The lowest BCUT2D eigenvalue weighted by atomic mass is 10.2. The number of piperazine rings is 1. The Hall–Kier alpha value is -2.73. The van der Waals surface area contributed by atoms with Gasteiger partial charge in [0.15, 0.2) is 5.96 Å². The Kier molecular flexibility index (Phi) is 9.03. The third kappa shape index (κ3) is 7.47. The average molecular weight is 424 g/mol. The fraction of sp³-hybridized carbons (Fsp3) is 0.480. The van der Waals surface area contributed by atoms with Gasteiger partial charge in [0.25, 0.3) is 0 Å². The number of nitrogens with zero attached hydrogens (tertiary/aromatic N) is 3. The van der Waals surface area contributed by atoms with Gasteiger partial charge in [-0.3, -0.25) is 9.89 Å². The summed E-state index contributed by atoms with van der Waals surface area (Å²) in [5.74, 6) is 1.72. The standard InChI is InChI=1S/C25H37N5O/c1-21-8-6-10-23(18-21)30-16-14-29(15-17-30)13-5-4-12-27-25(26-2)28-20-22-9-7-11-24(19-22)31-3/h6-11,18-19H,4-5,12-17,20H2,1-3H3,(H2,26,27,28). The molecule has 0 unspecified atom stereocenters. The van der Waals surface area contributed by atoms with Crippen molar-refractivity contribution < 1.29 is 4.74 Å². The Bertz CT molecular complexity index is 830.